The van der Waals surface area contributed by atoms with Crippen molar-refractivity contribution in [3.05, 3.63) is 29.8 Å². The average Bonchev–Trinajstić information content (AvgIpc) is 2.67. The fourth-order valence-electron chi connectivity index (χ4n) is 3.92. The normalized spacial score (nSPS) is 21.7. The lowest BCUT2D eigenvalue weighted by Crippen LogP contribution is -2.46. The molecule has 0 spiro atoms. The zero-order valence-electron chi connectivity index (χ0n) is 16.5. The zero-order valence-corrected chi connectivity index (χ0v) is 16.5. The number of rotatable bonds is 8. The summed E-state index contributed by atoms with van der Waals surface area (Å²) in [6.07, 6.45) is 3.21. The first-order valence-corrected chi connectivity index (χ1v) is 10.2. The van der Waals surface area contributed by atoms with Crippen molar-refractivity contribution in [1.82, 2.24) is 15.1 Å². The molecule has 0 radical (unpaired) electrons. The second-order valence-corrected chi connectivity index (χ2v) is 7.54. The number of hydrogen-bond donors (Lipinski definition) is 1. The van der Waals surface area contributed by atoms with Gasteiger partial charge in [0.15, 0.2) is 0 Å². The van der Waals surface area contributed by atoms with Crippen LogP contribution >= 0.6 is 0 Å². The lowest BCUT2D eigenvalue weighted by molar-refractivity contribution is -0.120. The van der Waals surface area contributed by atoms with E-state index in [0.29, 0.717) is 0 Å². The second kappa shape index (κ2) is 10.6. The topological polar surface area (TPSA) is 54.0 Å². The Morgan fingerprint density at radius 1 is 1.22 bits per heavy atom. The van der Waals surface area contributed by atoms with Crippen LogP contribution in [0.1, 0.15) is 31.7 Å². The number of likely N-dealkylation sites (tertiary alicyclic amines) is 1. The molecule has 150 valence electrons. The summed E-state index contributed by atoms with van der Waals surface area (Å²) in [6, 6.07) is 8.60. The molecule has 2 aliphatic heterocycles. The van der Waals surface area contributed by atoms with E-state index < -0.39 is 0 Å². The van der Waals surface area contributed by atoms with Crippen LogP contribution in [-0.4, -0.2) is 74.3 Å². The third-order valence-corrected chi connectivity index (χ3v) is 5.26. The lowest BCUT2D eigenvalue weighted by Gasteiger charge is -2.33. The fraction of sp³-hybridized carbons (Fsp3) is 0.667. The molecule has 0 bridgehead atoms. The van der Waals surface area contributed by atoms with E-state index in [1.165, 1.54) is 5.56 Å². The lowest BCUT2D eigenvalue weighted by atomic mass is 10.0. The number of hydrogen-bond acceptors (Lipinski definition) is 5. The molecule has 0 unspecified atom stereocenters. The summed E-state index contributed by atoms with van der Waals surface area (Å²) < 4.78 is 11.5. The predicted octanol–water partition coefficient (Wildman–Crippen LogP) is 1.89. The second-order valence-electron chi connectivity index (χ2n) is 7.54. The minimum Gasteiger partial charge on any atom is -0.493 e. The minimum absolute atomic E-state index is 0.0610. The van der Waals surface area contributed by atoms with Gasteiger partial charge in [-0.15, -0.1) is 0 Å². The number of para-hydroxylation sites is 1. The highest BCUT2D eigenvalue weighted by Crippen LogP contribution is 2.22. The molecule has 2 fully saturated rings. The highest BCUT2D eigenvalue weighted by Gasteiger charge is 2.21. The van der Waals surface area contributed by atoms with Gasteiger partial charge < -0.3 is 14.8 Å². The fourth-order valence-corrected chi connectivity index (χ4v) is 3.92. The van der Waals surface area contributed by atoms with E-state index in [0.717, 1.165) is 84.1 Å². The molecule has 6 nitrogen and oxygen atoms in total. The maximum Gasteiger partial charge on any atom is 0.217 e. The van der Waals surface area contributed by atoms with Gasteiger partial charge >= 0.3 is 0 Å². The summed E-state index contributed by atoms with van der Waals surface area (Å²) in [6.45, 7) is 10.0. The molecule has 2 aliphatic rings. The monoisotopic (exact) mass is 375 g/mol. The van der Waals surface area contributed by atoms with E-state index in [1.54, 1.807) is 6.92 Å². The van der Waals surface area contributed by atoms with E-state index in [9.17, 15) is 4.79 Å². The molecular formula is C21H33N3O3. The number of benzene rings is 1. The Balaban J connectivity index is 1.46. The smallest absolute Gasteiger partial charge is 0.217 e. The van der Waals surface area contributed by atoms with Crippen LogP contribution in [-0.2, 0) is 16.1 Å². The van der Waals surface area contributed by atoms with Gasteiger partial charge in [-0.2, -0.15) is 0 Å². The van der Waals surface area contributed by atoms with Crippen molar-refractivity contribution in [2.45, 2.75) is 38.8 Å². The van der Waals surface area contributed by atoms with Gasteiger partial charge in [0.1, 0.15) is 5.75 Å². The minimum atomic E-state index is 0.0610. The van der Waals surface area contributed by atoms with Crippen molar-refractivity contribution < 1.29 is 14.3 Å². The number of nitrogens with zero attached hydrogens (tertiary/aromatic N) is 2. The molecule has 2 saturated heterocycles. The number of carbonyl (C=O) groups excluding carboxylic acids is 1. The predicted molar refractivity (Wildman–Crippen MR) is 106 cm³/mol. The molecule has 3 rings (SSSR count). The molecule has 0 aromatic heterocycles. The van der Waals surface area contributed by atoms with Gasteiger partial charge in [0.2, 0.25) is 5.91 Å². The zero-order chi connectivity index (χ0) is 18.9. The van der Waals surface area contributed by atoms with Crippen molar-refractivity contribution in [3.8, 4) is 5.75 Å². The first-order valence-electron chi connectivity index (χ1n) is 10.2. The van der Waals surface area contributed by atoms with Gasteiger partial charge in [0.05, 0.1) is 19.8 Å². The molecule has 0 saturated carbocycles. The molecule has 1 aromatic carbocycles. The maximum atomic E-state index is 11.3. The largest absolute Gasteiger partial charge is 0.493 e. The Morgan fingerprint density at radius 3 is 2.85 bits per heavy atom. The van der Waals surface area contributed by atoms with E-state index in [1.807, 2.05) is 6.07 Å². The van der Waals surface area contributed by atoms with Gasteiger partial charge in [-0.25, -0.2) is 0 Å². The molecule has 27 heavy (non-hydrogen) atoms. The third kappa shape index (κ3) is 6.79. The first kappa shape index (κ1) is 20.1. The summed E-state index contributed by atoms with van der Waals surface area (Å²) in [5.41, 5.74) is 1.23. The molecule has 1 amide bonds. The van der Waals surface area contributed by atoms with E-state index >= 15 is 0 Å². The van der Waals surface area contributed by atoms with Gasteiger partial charge in [-0.1, -0.05) is 18.2 Å². The van der Waals surface area contributed by atoms with Gasteiger partial charge in [-0.05, 0) is 31.9 Å². The van der Waals surface area contributed by atoms with Crippen molar-refractivity contribution >= 4 is 5.91 Å². The van der Waals surface area contributed by atoms with E-state index in [-0.39, 0.29) is 11.9 Å². The number of amides is 1. The molecule has 1 N–H and O–H groups in total. The van der Waals surface area contributed by atoms with Gasteiger partial charge in [0, 0.05) is 51.3 Å². The third-order valence-electron chi connectivity index (χ3n) is 5.26. The summed E-state index contributed by atoms with van der Waals surface area (Å²) in [7, 11) is 0. The van der Waals surface area contributed by atoms with Gasteiger partial charge in [0.25, 0.3) is 0 Å². The summed E-state index contributed by atoms with van der Waals surface area (Å²) in [5.74, 6) is 1.05. The van der Waals surface area contributed by atoms with Crippen LogP contribution < -0.4 is 10.1 Å². The van der Waals surface area contributed by atoms with E-state index in [2.05, 4.69) is 33.3 Å². The molecular weight excluding hydrogens is 342 g/mol. The Morgan fingerprint density at radius 2 is 2.04 bits per heavy atom. The highest BCUT2D eigenvalue weighted by atomic mass is 16.5. The number of ether oxygens (including phenoxy) is 2. The molecule has 1 aromatic rings. The number of nitrogens with one attached hydrogen (secondary N) is 1. The first-order chi connectivity index (χ1) is 13.2. The van der Waals surface area contributed by atoms with Crippen LogP contribution in [0.15, 0.2) is 24.3 Å². The van der Waals surface area contributed by atoms with Crippen LogP contribution in [0.2, 0.25) is 0 Å². The molecule has 1 atom stereocenters. The van der Waals surface area contributed by atoms with Crippen LogP contribution in [0.25, 0.3) is 0 Å². The average molecular weight is 376 g/mol. The summed E-state index contributed by atoms with van der Waals surface area (Å²) in [5, 5.41) is 3.06. The highest BCUT2D eigenvalue weighted by molar-refractivity contribution is 5.73. The van der Waals surface area contributed by atoms with Crippen LogP contribution in [0.4, 0.5) is 0 Å². The van der Waals surface area contributed by atoms with E-state index in [4.69, 9.17) is 9.47 Å². The Kier molecular flexibility index (Phi) is 7.93. The Hall–Kier alpha value is -1.63. The number of morpholine rings is 1. The molecule has 0 aliphatic carbocycles. The van der Waals surface area contributed by atoms with Crippen LogP contribution in [0.5, 0.6) is 5.75 Å². The molecule has 6 heteroatoms. The van der Waals surface area contributed by atoms with Crippen LogP contribution in [0, 0.1) is 0 Å². The van der Waals surface area contributed by atoms with Crippen molar-refractivity contribution in [3.63, 3.8) is 0 Å². The van der Waals surface area contributed by atoms with Gasteiger partial charge in [-0.3, -0.25) is 14.6 Å². The summed E-state index contributed by atoms with van der Waals surface area (Å²) >= 11 is 0. The van der Waals surface area contributed by atoms with Crippen molar-refractivity contribution in [2.75, 3.05) is 52.5 Å². The molecule has 2 heterocycles. The quantitative estimate of drug-likeness (QED) is 0.703. The number of carbonyl (C=O) groups is 1. The number of piperidine rings is 1. The Bertz CT molecular complexity index is 590. The van der Waals surface area contributed by atoms with Crippen LogP contribution in [0.3, 0.4) is 0 Å². The summed E-state index contributed by atoms with van der Waals surface area (Å²) in [4.78, 5) is 16.2. The maximum absolute atomic E-state index is 11.3. The Labute approximate surface area is 162 Å². The van der Waals surface area contributed by atoms with Crippen molar-refractivity contribution in [2.24, 2.45) is 0 Å². The standard InChI is InChI=1S/C21H33N3O3/c1-18(25)22-20-7-4-9-24(17-20)16-19-6-2-3-8-21(19)27-13-5-10-23-11-14-26-15-12-23/h2-3,6,8,20H,4-5,7,9-17H2,1H3,(H,22,25)/t20-/m0/s1. The SMILES string of the molecule is CC(=O)N[C@H]1CCCN(Cc2ccccc2OCCCN2CCOCC2)C1. The van der Waals surface area contributed by atoms with Crippen molar-refractivity contribution in [1.29, 1.82) is 0 Å².